The predicted molar refractivity (Wildman–Crippen MR) is 114 cm³/mol. The van der Waals surface area contributed by atoms with Crippen molar-refractivity contribution in [3.63, 3.8) is 0 Å². The summed E-state index contributed by atoms with van der Waals surface area (Å²) in [5, 5.41) is 13.6. The summed E-state index contributed by atoms with van der Waals surface area (Å²) in [5.74, 6) is 0.00516. The van der Waals surface area contributed by atoms with Gasteiger partial charge in [0.25, 0.3) is 5.91 Å². The van der Waals surface area contributed by atoms with Crippen LogP contribution >= 0.6 is 20.7 Å². The molecule has 0 bridgehead atoms. The lowest BCUT2D eigenvalue weighted by molar-refractivity contribution is -0.122. The van der Waals surface area contributed by atoms with Crippen LogP contribution in [0.5, 0.6) is 5.75 Å². The Balaban J connectivity index is 1.38. The number of allylic oxidation sites excluding steroid dienone is 1. The fraction of sp³-hybridized carbons (Fsp3) is 0.316. The molecule has 1 aromatic rings. The second kappa shape index (κ2) is 9.75. The van der Waals surface area contributed by atoms with Crippen molar-refractivity contribution in [1.82, 2.24) is 15.2 Å². The van der Waals surface area contributed by atoms with Crippen molar-refractivity contribution in [3.8, 4) is 5.75 Å². The van der Waals surface area contributed by atoms with Crippen LogP contribution in [-0.2, 0) is 4.79 Å². The van der Waals surface area contributed by atoms with E-state index in [0.717, 1.165) is 32.7 Å². The zero-order valence-corrected chi connectivity index (χ0v) is 16.7. The molecule has 2 aliphatic heterocycles. The van der Waals surface area contributed by atoms with Crippen molar-refractivity contribution >= 4 is 36.9 Å². The van der Waals surface area contributed by atoms with Crippen LogP contribution in [0, 0.1) is 0 Å². The molecule has 0 unspecified atom stereocenters. The highest BCUT2D eigenvalue weighted by Gasteiger charge is 2.19. The average Bonchev–Trinajstić information content (AvgIpc) is 2.66. The summed E-state index contributed by atoms with van der Waals surface area (Å²) in [6, 6.07) is 6.87. The molecule has 0 spiro atoms. The summed E-state index contributed by atoms with van der Waals surface area (Å²) in [6.45, 7) is 5.02. The third-order valence-corrected chi connectivity index (χ3v) is 5.82. The number of amides is 1. The quantitative estimate of drug-likeness (QED) is 0.381. The van der Waals surface area contributed by atoms with Gasteiger partial charge in [-0.2, -0.15) is 5.10 Å². The normalized spacial score (nSPS) is 18.5. The number of benzene rings is 1. The first-order chi connectivity index (χ1) is 12.7. The summed E-state index contributed by atoms with van der Waals surface area (Å²) in [5.41, 5.74) is 4.48. The molecule has 3 rings (SSSR count). The van der Waals surface area contributed by atoms with Crippen molar-refractivity contribution in [2.75, 3.05) is 39.3 Å². The number of nitrogens with zero attached hydrogens (tertiary/aromatic N) is 3. The van der Waals surface area contributed by atoms with E-state index in [2.05, 4.69) is 40.6 Å². The molecule has 2 N–H and O–H groups in total. The van der Waals surface area contributed by atoms with Gasteiger partial charge in [-0.1, -0.05) is 45.0 Å². The number of halogens is 1. The van der Waals surface area contributed by atoms with Gasteiger partial charge in [-0.3, -0.25) is 14.6 Å². The molecule has 0 aromatic heterocycles. The van der Waals surface area contributed by atoms with E-state index in [1.807, 2.05) is 0 Å². The van der Waals surface area contributed by atoms with Gasteiger partial charge in [0.2, 0.25) is 0 Å². The maximum Gasteiger partial charge on any atom is 0.254 e. The lowest BCUT2D eigenvalue weighted by Gasteiger charge is -2.34. The van der Waals surface area contributed by atoms with Crippen LogP contribution in [0.25, 0.3) is 0 Å². The number of para-hydroxylation sites is 1. The van der Waals surface area contributed by atoms with Crippen molar-refractivity contribution in [3.05, 3.63) is 51.6 Å². The molecule has 1 aromatic carbocycles. The van der Waals surface area contributed by atoms with Crippen LogP contribution < -0.4 is 5.43 Å². The van der Waals surface area contributed by atoms with Gasteiger partial charge in [0.15, 0.2) is 0 Å². The summed E-state index contributed by atoms with van der Waals surface area (Å²) in [4.78, 5) is 16.6. The van der Waals surface area contributed by atoms with Crippen molar-refractivity contribution < 1.29 is 9.90 Å². The van der Waals surface area contributed by atoms with Gasteiger partial charge in [0, 0.05) is 38.3 Å². The minimum atomic E-state index is -0.137. The number of phenols is 1. The second-order valence-electron chi connectivity index (χ2n) is 6.19. The number of hydrogen-bond donors (Lipinski definition) is 2. The Morgan fingerprint density at radius 3 is 2.73 bits per heavy atom. The molecule has 0 atom stereocenters. The lowest BCUT2D eigenvalue weighted by Crippen LogP contribution is -2.49. The van der Waals surface area contributed by atoms with E-state index < -0.39 is 0 Å². The number of hydrazone groups is 1. The number of rotatable bonds is 6. The van der Waals surface area contributed by atoms with Gasteiger partial charge in [-0.25, -0.2) is 5.43 Å². The number of nitrogens with one attached hydrogen (secondary N) is 1. The Morgan fingerprint density at radius 1 is 1.23 bits per heavy atom. The molecule has 1 amide bonds. The van der Waals surface area contributed by atoms with Crippen LogP contribution in [0.2, 0.25) is 0 Å². The van der Waals surface area contributed by atoms with Crippen LogP contribution in [-0.4, -0.2) is 70.3 Å². The van der Waals surface area contributed by atoms with Gasteiger partial charge >= 0.3 is 0 Å². The van der Waals surface area contributed by atoms with Crippen molar-refractivity contribution in [1.29, 1.82) is 0 Å². The van der Waals surface area contributed by atoms with E-state index in [0.29, 0.717) is 12.1 Å². The van der Waals surface area contributed by atoms with Crippen LogP contribution in [0.1, 0.15) is 5.56 Å². The highest BCUT2D eigenvalue weighted by Crippen LogP contribution is 2.13. The number of carbonyl (C=O) groups is 1. The number of aromatic hydroxyl groups is 1. The Labute approximate surface area is 163 Å². The second-order valence-corrected chi connectivity index (χ2v) is 8.35. The smallest absolute Gasteiger partial charge is 0.254 e. The number of piperazine rings is 1. The Bertz CT molecular complexity index is 750. The standard InChI is InChI=1S/C19H23IN4O2/c25-18-4-2-1-3-17(18)13-21-22-19(26)15-24-11-9-23(10-12-24)14-16-5-7-20-8-6-16/h1-8,13,25H,9-12,14-15H2,(H,22,26)/b21-13+. The molecule has 2 aliphatic rings. The Hall–Kier alpha value is -1.84. The molecule has 2 heterocycles. The first-order valence-corrected chi connectivity index (χ1v) is 11.1. The molecule has 138 valence electrons. The summed E-state index contributed by atoms with van der Waals surface area (Å²) in [6.07, 6.45) is 5.95. The van der Waals surface area contributed by atoms with Gasteiger partial charge < -0.3 is 5.11 Å². The van der Waals surface area contributed by atoms with E-state index in [1.165, 1.54) is 11.8 Å². The summed E-state index contributed by atoms with van der Waals surface area (Å²) < 4.78 is 4.59. The molecule has 26 heavy (non-hydrogen) atoms. The largest absolute Gasteiger partial charge is 0.507 e. The highest BCUT2D eigenvalue weighted by atomic mass is 127. The Morgan fingerprint density at radius 2 is 2.00 bits per heavy atom. The first kappa shape index (κ1) is 18.9. The van der Waals surface area contributed by atoms with Crippen molar-refractivity contribution in [2.45, 2.75) is 0 Å². The lowest BCUT2D eigenvalue weighted by atomic mass is 10.2. The maximum atomic E-state index is 12.0. The molecule has 6 nitrogen and oxygen atoms in total. The summed E-state index contributed by atoms with van der Waals surface area (Å²) >= 11 is 0.144. The molecule has 0 saturated carbocycles. The zero-order chi connectivity index (χ0) is 18.2. The first-order valence-electron chi connectivity index (χ1n) is 8.56. The SMILES string of the molecule is O=C(CN1CCN(CC2=CC=IC=C2)CC1)N/N=C/c1ccccc1O. The molecule has 7 heteroatoms. The average molecular weight is 466 g/mol. The van der Waals surface area contributed by atoms with E-state index in [1.54, 1.807) is 24.3 Å². The van der Waals surface area contributed by atoms with E-state index >= 15 is 0 Å². The van der Waals surface area contributed by atoms with E-state index in [-0.39, 0.29) is 32.4 Å². The molecular formula is C19H23IN4O2. The highest BCUT2D eigenvalue weighted by molar-refractivity contribution is 14.2. The minimum absolute atomic E-state index is 0.137. The van der Waals surface area contributed by atoms with E-state index in [9.17, 15) is 9.90 Å². The number of carbonyl (C=O) groups excluding carboxylic acids is 1. The topological polar surface area (TPSA) is 68.2 Å². The Kier molecular flexibility index (Phi) is 7.10. The fourth-order valence-corrected chi connectivity index (χ4v) is 4.39. The molecular weight excluding hydrogens is 443 g/mol. The predicted octanol–water partition coefficient (Wildman–Crippen LogP) is 1.69. The molecule has 1 saturated heterocycles. The van der Waals surface area contributed by atoms with Crippen LogP contribution in [0.15, 0.2) is 51.2 Å². The monoisotopic (exact) mass is 466 g/mol. The van der Waals surface area contributed by atoms with Gasteiger partial charge in [-0.05, 0) is 25.8 Å². The molecule has 0 aliphatic carbocycles. The summed E-state index contributed by atoms with van der Waals surface area (Å²) in [7, 11) is 0. The molecule has 1 fully saturated rings. The number of hydrogen-bond acceptors (Lipinski definition) is 5. The van der Waals surface area contributed by atoms with Gasteiger partial charge in [-0.15, -0.1) is 0 Å². The van der Waals surface area contributed by atoms with Crippen LogP contribution in [0.3, 0.4) is 0 Å². The third-order valence-electron chi connectivity index (χ3n) is 4.27. The number of phenolic OH excluding ortho intramolecular Hbond substituents is 1. The van der Waals surface area contributed by atoms with E-state index in [4.69, 9.17) is 0 Å². The van der Waals surface area contributed by atoms with Crippen LogP contribution in [0.4, 0.5) is 0 Å². The minimum Gasteiger partial charge on any atom is -0.507 e. The third kappa shape index (κ3) is 5.86. The molecule has 0 radical (unpaired) electrons. The fourth-order valence-electron chi connectivity index (χ4n) is 2.81. The van der Waals surface area contributed by atoms with Crippen molar-refractivity contribution in [2.24, 2.45) is 5.10 Å². The van der Waals surface area contributed by atoms with Gasteiger partial charge in [0.05, 0.1) is 12.8 Å². The maximum absolute atomic E-state index is 12.0. The zero-order valence-electron chi connectivity index (χ0n) is 14.5. The van der Waals surface area contributed by atoms with Gasteiger partial charge in [0.1, 0.15) is 5.75 Å².